The number of aromatic nitrogens is 2. The molecule has 5 nitrogen and oxygen atoms in total. The Hall–Kier alpha value is -1.66. The van der Waals surface area contributed by atoms with E-state index in [1.165, 1.54) is 24.1 Å². The first-order valence-corrected chi connectivity index (χ1v) is 9.51. The van der Waals surface area contributed by atoms with Gasteiger partial charge in [-0.2, -0.15) is 16.4 Å². The number of ether oxygens (including phenoxy) is 1. The maximum atomic E-state index is 12.7. The maximum Gasteiger partial charge on any atom is 0.227 e. The SMILES string of the molecule is COC[C@@H]1CN(C(=O)Cc2ccsc2)Cc2cnn(CC3CC3)c21. The summed E-state index contributed by atoms with van der Waals surface area (Å²) in [4.78, 5) is 14.6. The van der Waals surface area contributed by atoms with Crippen LogP contribution >= 0.6 is 11.3 Å². The molecule has 0 unspecified atom stereocenters. The molecule has 4 rings (SSSR count). The first kappa shape index (κ1) is 15.8. The van der Waals surface area contributed by atoms with Crippen LogP contribution in [0.1, 0.15) is 35.6 Å². The molecular weight excluding hydrogens is 322 g/mol. The van der Waals surface area contributed by atoms with Crippen molar-refractivity contribution in [2.45, 2.75) is 38.3 Å². The molecular formula is C18H23N3O2S. The second-order valence-corrected chi connectivity index (χ2v) is 7.70. The number of hydrogen-bond donors (Lipinski definition) is 0. The van der Waals surface area contributed by atoms with Crippen molar-refractivity contribution in [3.63, 3.8) is 0 Å². The zero-order valence-corrected chi connectivity index (χ0v) is 14.8. The topological polar surface area (TPSA) is 47.4 Å². The molecule has 3 heterocycles. The molecule has 0 aromatic carbocycles. The summed E-state index contributed by atoms with van der Waals surface area (Å²) < 4.78 is 7.60. The van der Waals surface area contributed by atoms with E-state index in [9.17, 15) is 4.79 Å². The van der Waals surface area contributed by atoms with Crippen LogP contribution in [0.3, 0.4) is 0 Å². The molecule has 0 saturated heterocycles. The summed E-state index contributed by atoms with van der Waals surface area (Å²) in [5.74, 6) is 1.19. The first-order valence-electron chi connectivity index (χ1n) is 8.57. The van der Waals surface area contributed by atoms with Crippen molar-refractivity contribution < 1.29 is 9.53 Å². The quantitative estimate of drug-likeness (QED) is 0.809. The van der Waals surface area contributed by atoms with Gasteiger partial charge in [-0.25, -0.2) is 0 Å². The minimum atomic E-state index is 0.190. The number of carbonyl (C=O) groups excluding carboxylic acids is 1. The fourth-order valence-electron chi connectivity index (χ4n) is 3.54. The highest BCUT2D eigenvalue weighted by Gasteiger charge is 2.33. The summed E-state index contributed by atoms with van der Waals surface area (Å²) in [6.45, 7) is 3.04. The average Bonchev–Trinajstić information content (AvgIpc) is 3.06. The van der Waals surface area contributed by atoms with Gasteiger partial charge in [0.25, 0.3) is 0 Å². The summed E-state index contributed by atoms with van der Waals surface area (Å²) in [5.41, 5.74) is 3.56. The van der Waals surface area contributed by atoms with Gasteiger partial charge in [-0.3, -0.25) is 9.48 Å². The van der Waals surface area contributed by atoms with Crippen molar-refractivity contribution in [1.82, 2.24) is 14.7 Å². The third-order valence-corrected chi connectivity index (χ3v) is 5.66. The highest BCUT2D eigenvalue weighted by Crippen LogP contribution is 2.34. The summed E-state index contributed by atoms with van der Waals surface area (Å²) in [7, 11) is 1.73. The van der Waals surface area contributed by atoms with Crippen LogP contribution in [0.15, 0.2) is 23.0 Å². The van der Waals surface area contributed by atoms with Crippen molar-refractivity contribution in [2.75, 3.05) is 20.3 Å². The summed E-state index contributed by atoms with van der Waals surface area (Å²) in [5, 5.41) is 8.67. The van der Waals surface area contributed by atoms with Crippen LogP contribution in [-0.4, -0.2) is 40.8 Å². The van der Waals surface area contributed by atoms with Gasteiger partial charge in [0.1, 0.15) is 0 Å². The second-order valence-electron chi connectivity index (χ2n) is 6.92. The van der Waals surface area contributed by atoms with Crippen LogP contribution in [-0.2, 0) is 29.0 Å². The number of thiophene rings is 1. The van der Waals surface area contributed by atoms with Gasteiger partial charge < -0.3 is 9.64 Å². The largest absolute Gasteiger partial charge is 0.384 e. The second kappa shape index (κ2) is 6.69. The Kier molecular flexibility index (Phi) is 4.41. The highest BCUT2D eigenvalue weighted by atomic mass is 32.1. The van der Waals surface area contributed by atoms with E-state index in [4.69, 9.17) is 4.74 Å². The lowest BCUT2D eigenvalue weighted by Crippen LogP contribution is -2.40. The molecule has 0 spiro atoms. The van der Waals surface area contributed by atoms with Crippen LogP contribution < -0.4 is 0 Å². The number of carbonyl (C=O) groups is 1. The van der Waals surface area contributed by atoms with Gasteiger partial charge in [0.05, 0.1) is 24.9 Å². The fraction of sp³-hybridized carbons (Fsp3) is 0.556. The van der Waals surface area contributed by atoms with Crippen LogP contribution in [0.5, 0.6) is 0 Å². The van der Waals surface area contributed by atoms with Gasteiger partial charge >= 0.3 is 0 Å². The summed E-state index contributed by atoms with van der Waals surface area (Å²) in [6, 6.07) is 2.03. The fourth-order valence-corrected chi connectivity index (χ4v) is 4.21. The van der Waals surface area contributed by atoms with Crippen LogP contribution in [0.25, 0.3) is 0 Å². The summed E-state index contributed by atoms with van der Waals surface area (Å²) >= 11 is 1.64. The van der Waals surface area contributed by atoms with Gasteiger partial charge in [-0.1, -0.05) is 0 Å². The van der Waals surface area contributed by atoms with E-state index in [2.05, 4.69) is 9.78 Å². The molecule has 1 fully saturated rings. The Balaban J connectivity index is 1.53. The molecule has 24 heavy (non-hydrogen) atoms. The van der Waals surface area contributed by atoms with Gasteiger partial charge in [0, 0.05) is 38.2 Å². The lowest BCUT2D eigenvalue weighted by Gasteiger charge is -2.33. The molecule has 2 aromatic heterocycles. The Morgan fingerprint density at radius 3 is 3.04 bits per heavy atom. The third kappa shape index (κ3) is 3.26. The average molecular weight is 345 g/mol. The van der Waals surface area contributed by atoms with E-state index in [-0.39, 0.29) is 11.8 Å². The van der Waals surface area contributed by atoms with Crippen molar-refractivity contribution in [1.29, 1.82) is 0 Å². The van der Waals surface area contributed by atoms with Gasteiger partial charge in [-0.15, -0.1) is 0 Å². The Morgan fingerprint density at radius 2 is 2.33 bits per heavy atom. The standard InChI is InChI=1S/C18H23N3O2S/c1-23-11-16-10-20(17(22)6-14-4-5-24-12-14)9-15-7-19-21(18(15)16)8-13-2-3-13/h4-5,7,12-13,16H,2-3,6,8-11H2,1H3/t16-/m0/s1. The van der Waals surface area contributed by atoms with Crippen LogP contribution in [0.2, 0.25) is 0 Å². The highest BCUT2D eigenvalue weighted by molar-refractivity contribution is 7.07. The molecule has 1 atom stereocenters. The van der Waals surface area contributed by atoms with E-state index in [1.54, 1.807) is 18.4 Å². The number of amides is 1. The first-order chi connectivity index (χ1) is 11.7. The molecule has 1 saturated carbocycles. The summed E-state index contributed by atoms with van der Waals surface area (Å²) in [6.07, 6.45) is 5.06. The molecule has 1 aliphatic heterocycles. The zero-order valence-electron chi connectivity index (χ0n) is 14.0. The normalized spacial score (nSPS) is 20.2. The van der Waals surface area contributed by atoms with Crippen LogP contribution in [0, 0.1) is 5.92 Å². The van der Waals surface area contributed by atoms with E-state index < -0.39 is 0 Å². The Bertz CT molecular complexity index is 706. The molecule has 2 aromatic rings. The van der Waals surface area contributed by atoms with Crippen LogP contribution in [0.4, 0.5) is 0 Å². The number of fused-ring (bicyclic) bond motifs is 1. The Morgan fingerprint density at radius 1 is 1.46 bits per heavy atom. The third-order valence-electron chi connectivity index (χ3n) is 4.93. The lowest BCUT2D eigenvalue weighted by atomic mass is 9.96. The minimum absolute atomic E-state index is 0.190. The molecule has 0 radical (unpaired) electrons. The zero-order chi connectivity index (χ0) is 16.5. The van der Waals surface area contributed by atoms with Gasteiger partial charge in [0.2, 0.25) is 5.91 Å². The van der Waals surface area contributed by atoms with E-state index >= 15 is 0 Å². The molecule has 0 N–H and O–H groups in total. The number of methoxy groups -OCH3 is 1. The Labute approximate surface area is 146 Å². The molecule has 1 aliphatic carbocycles. The predicted octanol–water partition coefficient (Wildman–Crippen LogP) is 2.67. The maximum absolute atomic E-state index is 12.7. The predicted molar refractivity (Wildman–Crippen MR) is 93.0 cm³/mol. The lowest BCUT2D eigenvalue weighted by molar-refractivity contribution is -0.132. The molecule has 1 amide bonds. The van der Waals surface area contributed by atoms with Crippen molar-refractivity contribution in [3.05, 3.63) is 39.8 Å². The monoisotopic (exact) mass is 345 g/mol. The number of rotatable bonds is 6. The minimum Gasteiger partial charge on any atom is -0.384 e. The number of nitrogens with zero attached hydrogens (tertiary/aromatic N) is 3. The van der Waals surface area contributed by atoms with Gasteiger partial charge in [0.15, 0.2) is 0 Å². The molecule has 128 valence electrons. The smallest absolute Gasteiger partial charge is 0.227 e. The van der Waals surface area contributed by atoms with E-state index in [0.717, 1.165) is 24.6 Å². The molecule has 2 aliphatic rings. The van der Waals surface area contributed by atoms with Crippen molar-refractivity contribution in [3.8, 4) is 0 Å². The van der Waals surface area contributed by atoms with Gasteiger partial charge in [-0.05, 0) is 41.1 Å². The molecule has 6 heteroatoms. The molecule has 0 bridgehead atoms. The van der Waals surface area contributed by atoms with Crippen molar-refractivity contribution >= 4 is 17.2 Å². The van der Waals surface area contributed by atoms with E-state index in [0.29, 0.717) is 19.6 Å². The van der Waals surface area contributed by atoms with E-state index in [1.807, 2.05) is 27.9 Å². The van der Waals surface area contributed by atoms with Crippen molar-refractivity contribution in [2.24, 2.45) is 5.92 Å². The number of hydrogen-bond acceptors (Lipinski definition) is 4.